The quantitative estimate of drug-likeness (QED) is 0.810. The van der Waals surface area contributed by atoms with Gasteiger partial charge in [-0.05, 0) is 44.3 Å². The lowest BCUT2D eigenvalue weighted by Crippen LogP contribution is -2.44. The molecule has 1 saturated heterocycles. The fourth-order valence-corrected chi connectivity index (χ4v) is 3.22. The maximum Gasteiger partial charge on any atom is 0.303 e. The maximum absolute atomic E-state index is 10.5. The first kappa shape index (κ1) is 15.0. The number of hydrogen-bond donors (Lipinski definition) is 1. The first-order valence-electron chi connectivity index (χ1n) is 7.60. The summed E-state index contributed by atoms with van der Waals surface area (Å²) in [7, 11) is 0. The number of unbranched alkanes of at least 4 members (excludes halogenated alkanes) is 1. The van der Waals surface area contributed by atoms with Gasteiger partial charge in [-0.25, -0.2) is 0 Å². The lowest BCUT2D eigenvalue weighted by atomic mass is 9.76. The number of nitrogens with zero attached hydrogens (tertiary/aromatic N) is 1. The van der Waals surface area contributed by atoms with Crippen LogP contribution in [0, 0.1) is 0 Å². The number of benzene rings is 1. The molecule has 1 N–H and O–H groups in total. The number of piperidine rings is 1. The summed E-state index contributed by atoms with van der Waals surface area (Å²) in [4.78, 5) is 13.0. The fourth-order valence-electron chi connectivity index (χ4n) is 3.22. The van der Waals surface area contributed by atoms with E-state index in [1.165, 1.54) is 18.4 Å². The summed E-state index contributed by atoms with van der Waals surface area (Å²) in [6.07, 6.45) is 4.53. The number of hydrogen-bond acceptors (Lipinski definition) is 2. The molecule has 0 unspecified atom stereocenters. The molecule has 1 atom stereocenters. The zero-order chi connectivity index (χ0) is 14.4. The van der Waals surface area contributed by atoms with Crippen LogP contribution in [0.3, 0.4) is 0 Å². The third-order valence-electron chi connectivity index (χ3n) is 4.36. The Bertz CT molecular complexity index is 432. The van der Waals surface area contributed by atoms with E-state index in [1.54, 1.807) is 0 Å². The van der Waals surface area contributed by atoms with Gasteiger partial charge in [0.1, 0.15) is 0 Å². The smallest absolute Gasteiger partial charge is 0.303 e. The summed E-state index contributed by atoms with van der Waals surface area (Å²) in [5.74, 6) is -0.683. The predicted molar refractivity (Wildman–Crippen MR) is 81.0 cm³/mol. The Kier molecular flexibility index (Phi) is 5.18. The van der Waals surface area contributed by atoms with E-state index in [1.807, 2.05) is 0 Å². The van der Waals surface area contributed by atoms with Gasteiger partial charge >= 0.3 is 5.97 Å². The topological polar surface area (TPSA) is 40.5 Å². The molecule has 20 heavy (non-hydrogen) atoms. The van der Waals surface area contributed by atoms with Crippen LogP contribution in [0.4, 0.5) is 0 Å². The van der Waals surface area contributed by atoms with Crippen molar-refractivity contribution in [2.24, 2.45) is 0 Å². The average Bonchev–Trinajstić information content (AvgIpc) is 2.45. The van der Waals surface area contributed by atoms with Crippen LogP contribution in [-0.2, 0) is 10.2 Å². The van der Waals surface area contributed by atoms with E-state index in [2.05, 4.69) is 42.2 Å². The van der Waals surface area contributed by atoms with E-state index >= 15 is 0 Å². The van der Waals surface area contributed by atoms with Crippen molar-refractivity contribution < 1.29 is 9.90 Å². The zero-order valence-corrected chi connectivity index (χ0v) is 12.3. The third kappa shape index (κ3) is 4.07. The number of carboxylic acid groups (broad SMARTS) is 1. The fraction of sp³-hybridized carbons (Fsp3) is 0.588. The van der Waals surface area contributed by atoms with Crippen molar-refractivity contribution in [3.05, 3.63) is 35.9 Å². The molecule has 1 fully saturated rings. The van der Waals surface area contributed by atoms with Crippen LogP contribution in [0.2, 0.25) is 0 Å². The summed E-state index contributed by atoms with van der Waals surface area (Å²) in [5, 5.41) is 8.67. The second-order valence-corrected chi connectivity index (χ2v) is 6.16. The van der Waals surface area contributed by atoms with Crippen LogP contribution in [0.25, 0.3) is 0 Å². The summed E-state index contributed by atoms with van der Waals surface area (Å²) in [5.41, 5.74) is 1.67. The molecule has 0 spiro atoms. The van der Waals surface area contributed by atoms with Gasteiger partial charge in [0.05, 0.1) is 0 Å². The first-order chi connectivity index (χ1) is 9.60. The highest BCUT2D eigenvalue weighted by Gasteiger charge is 2.32. The van der Waals surface area contributed by atoms with Crippen LogP contribution in [0.5, 0.6) is 0 Å². The molecule has 0 bridgehead atoms. The van der Waals surface area contributed by atoms with Gasteiger partial charge in [0.25, 0.3) is 0 Å². The van der Waals surface area contributed by atoms with E-state index in [-0.39, 0.29) is 5.41 Å². The SMILES string of the molecule is C[C@@]1(c2ccccc2)CCCN(CCCCC(=O)O)C1. The molecule has 1 aromatic carbocycles. The maximum atomic E-state index is 10.5. The highest BCUT2D eigenvalue weighted by molar-refractivity contribution is 5.66. The Balaban J connectivity index is 1.87. The van der Waals surface area contributed by atoms with Crippen molar-refractivity contribution in [2.75, 3.05) is 19.6 Å². The Labute approximate surface area is 121 Å². The summed E-state index contributed by atoms with van der Waals surface area (Å²) >= 11 is 0. The van der Waals surface area contributed by atoms with Crippen LogP contribution in [0.15, 0.2) is 30.3 Å². The molecule has 1 aromatic rings. The normalized spacial score (nSPS) is 23.6. The van der Waals surface area contributed by atoms with Gasteiger partial charge in [-0.3, -0.25) is 4.79 Å². The van der Waals surface area contributed by atoms with Gasteiger partial charge in [-0.15, -0.1) is 0 Å². The minimum absolute atomic E-state index is 0.242. The molecule has 110 valence electrons. The monoisotopic (exact) mass is 275 g/mol. The Morgan fingerprint density at radius 2 is 2.05 bits per heavy atom. The minimum Gasteiger partial charge on any atom is -0.481 e. The molecular weight excluding hydrogens is 250 g/mol. The van der Waals surface area contributed by atoms with Gasteiger partial charge in [0, 0.05) is 18.4 Å². The Hall–Kier alpha value is -1.35. The van der Waals surface area contributed by atoms with E-state index in [0.29, 0.717) is 6.42 Å². The number of aliphatic carboxylic acids is 1. The predicted octanol–water partition coefficient (Wildman–Crippen LogP) is 3.30. The molecule has 0 amide bonds. The average molecular weight is 275 g/mol. The highest BCUT2D eigenvalue weighted by atomic mass is 16.4. The van der Waals surface area contributed by atoms with Crippen LogP contribution in [-0.4, -0.2) is 35.6 Å². The highest BCUT2D eigenvalue weighted by Crippen LogP contribution is 2.33. The van der Waals surface area contributed by atoms with Crippen molar-refractivity contribution >= 4 is 5.97 Å². The molecule has 3 nitrogen and oxygen atoms in total. The van der Waals surface area contributed by atoms with E-state index in [9.17, 15) is 4.79 Å². The van der Waals surface area contributed by atoms with Gasteiger partial charge < -0.3 is 10.0 Å². The molecule has 2 rings (SSSR count). The summed E-state index contributed by atoms with van der Waals surface area (Å²) in [6, 6.07) is 10.8. The molecule has 0 aliphatic carbocycles. The molecular formula is C17H25NO2. The number of rotatable bonds is 6. The number of carboxylic acids is 1. The minimum atomic E-state index is -0.683. The molecule has 1 aliphatic rings. The summed E-state index contributed by atoms with van der Waals surface area (Å²) in [6.45, 7) is 5.61. The second-order valence-electron chi connectivity index (χ2n) is 6.16. The molecule has 0 radical (unpaired) electrons. The first-order valence-corrected chi connectivity index (χ1v) is 7.60. The Morgan fingerprint density at radius 3 is 2.75 bits per heavy atom. The number of likely N-dealkylation sites (tertiary alicyclic amines) is 1. The van der Waals surface area contributed by atoms with Crippen LogP contribution >= 0.6 is 0 Å². The number of carbonyl (C=O) groups is 1. The zero-order valence-electron chi connectivity index (χ0n) is 12.3. The Morgan fingerprint density at radius 1 is 1.30 bits per heavy atom. The van der Waals surface area contributed by atoms with Gasteiger partial charge in [0.2, 0.25) is 0 Å². The van der Waals surface area contributed by atoms with Crippen molar-refractivity contribution in [1.82, 2.24) is 4.90 Å². The molecule has 3 heteroatoms. The van der Waals surface area contributed by atoms with E-state index < -0.39 is 5.97 Å². The molecule has 0 saturated carbocycles. The van der Waals surface area contributed by atoms with E-state index in [0.717, 1.165) is 32.5 Å². The molecule has 1 heterocycles. The van der Waals surface area contributed by atoms with Gasteiger partial charge in [0.15, 0.2) is 0 Å². The van der Waals surface area contributed by atoms with Crippen molar-refractivity contribution in [1.29, 1.82) is 0 Å². The third-order valence-corrected chi connectivity index (χ3v) is 4.36. The molecule has 1 aliphatic heterocycles. The largest absolute Gasteiger partial charge is 0.481 e. The standard InChI is InChI=1S/C17H25NO2/c1-17(15-8-3-2-4-9-15)11-7-13-18(14-17)12-6-5-10-16(19)20/h2-4,8-9H,5-7,10-14H2,1H3,(H,19,20)/t17-/m1/s1. The lowest BCUT2D eigenvalue weighted by Gasteiger charge is -2.41. The van der Waals surface area contributed by atoms with Crippen molar-refractivity contribution in [3.8, 4) is 0 Å². The van der Waals surface area contributed by atoms with Crippen LogP contribution in [0.1, 0.15) is 44.6 Å². The second kappa shape index (κ2) is 6.89. The van der Waals surface area contributed by atoms with Gasteiger partial charge in [-0.2, -0.15) is 0 Å². The van der Waals surface area contributed by atoms with Crippen LogP contribution < -0.4 is 0 Å². The van der Waals surface area contributed by atoms with Crippen molar-refractivity contribution in [2.45, 2.75) is 44.4 Å². The van der Waals surface area contributed by atoms with E-state index in [4.69, 9.17) is 5.11 Å². The molecule has 0 aromatic heterocycles. The summed E-state index contributed by atoms with van der Waals surface area (Å²) < 4.78 is 0. The van der Waals surface area contributed by atoms with Gasteiger partial charge in [-0.1, -0.05) is 37.3 Å². The lowest BCUT2D eigenvalue weighted by molar-refractivity contribution is -0.137. The van der Waals surface area contributed by atoms with Crippen molar-refractivity contribution in [3.63, 3.8) is 0 Å².